The molecule has 0 aromatic carbocycles. The van der Waals surface area contributed by atoms with E-state index in [9.17, 15) is 15.3 Å². The van der Waals surface area contributed by atoms with Gasteiger partial charge in [-0.2, -0.15) is 0 Å². The summed E-state index contributed by atoms with van der Waals surface area (Å²) in [6.45, 7) is 2.59. The molecular formula is C13H27NO5. The molecule has 6 heteroatoms. The Hall–Kier alpha value is -0.240. The van der Waals surface area contributed by atoms with Crippen molar-refractivity contribution < 1.29 is 25.2 Å². The van der Waals surface area contributed by atoms with Gasteiger partial charge in [-0.15, -0.1) is 0 Å². The number of unbranched alkanes of at least 4 members (excludes halogenated alkanes) is 4. The second kappa shape index (κ2) is 8.14. The van der Waals surface area contributed by atoms with E-state index >= 15 is 0 Å². The van der Waals surface area contributed by atoms with Gasteiger partial charge in [0.15, 0.2) is 0 Å². The highest BCUT2D eigenvalue weighted by atomic mass is 16.7. The lowest BCUT2D eigenvalue weighted by Gasteiger charge is -2.22. The molecule has 0 spiro atoms. The molecule has 1 rings (SSSR count). The van der Waals surface area contributed by atoms with Gasteiger partial charge in [-0.1, -0.05) is 32.6 Å². The topological polar surface area (TPSA) is 102 Å². The summed E-state index contributed by atoms with van der Waals surface area (Å²) in [6, 6.07) is 0. The Morgan fingerprint density at radius 1 is 1.16 bits per heavy atom. The molecule has 0 unspecified atom stereocenters. The lowest BCUT2D eigenvalue weighted by Crippen LogP contribution is -2.46. The van der Waals surface area contributed by atoms with E-state index in [0.717, 1.165) is 19.4 Å². The Morgan fingerprint density at radius 2 is 1.84 bits per heavy atom. The first-order valence-corrected chi connectivity index (χ1v) is 7.13. The van der Waals surface area contributed by atoms with Gasteiger partial charge in [0.05, 0.1) is 6.61 Å². The summed E-state index contributed by atoms with van der Waals surface area (Å²) >= 11 is 0. The van der Waals surface area contributed by atoms with Crippen LogP contribution in [0.1, 0.15) is 39.0 Å². The maximum absolute atomic E-state index is 9.71. The largest absolute Gasteiger partial charge is 0.391 e. The molecule has 0 aliphatic carbocycles. The summed E-state index contributed by atoms with van der Waals surface area (Å²) in [6.07, 6.45) is 2.53. The molecule has 1 saturated heterocycles. The first kappa shape index (κ1) is 16.8. The minimum Gasteiger partial charge on any atom is -0.391 e. The van der Waals surface area contributed by atoms with E-state index in [-0.39, 0.29) is 0 Å². The summed E-state index contributed by atoms with van der Waals surface area (Å²) in [5, 5.41) is 41.1. The number of ether oxygens (including phenoxy) is 1. The van der Waals surface area contributed by atoms with Crippen molar-refractivity contribution in [2.24, 2.45) is 0 Å². The van der Waals surface area contributed by atoms with Crippen LogP contribution < -0.4 is 5.32 Å². The first-order chi connectivity index (χ1) is 9.05. The minimum absolute atomic E-state index is 0.342. The van der Waals surface area contributed by atoms with Crippen molar-refractivity contribution in [2.45, 2.75) is 63.1 Å². The summed E-state index contributed by atoms with van der Waals surface area (Å²) in [7, 11) is 0. The number of hydrogen-bond donors (Lipinski definition) is 5. The van der Waals surface area contributed by atoms with E-state index in [1.807, 2.05) is 0 Å². The quantitative estimate of drug-likeness (QED) is 0.359. The average molecular weight is 277 g/mol. The van der Waals surface area contributed by atoms with Crippen molar-refractivity contribution in [3.05, 3.63) is 0 Å². The number of nitrogens with one attached hydrogen (secondary N) is 1. The average Bonchev–Trinajstić information content (AvgIpc) is 2.63. The van der Waals surface area contributed by atoms with Gasteiger partial charge >= 0.3 is 0 Å². The van der Waals surface area contributed by atoms with Gasteiger partial charge in [0.2, 0.25) is 5.79 Å². The molecular weight excluding hydrogens is 250 g/mol. The molecule has 4 atom stereocenters. The lowest BCUT2D eigenvalue weighted by molar-refractivity contribution is -0.245. The Balaban J connectivity index is 2.16. The molecule has 0 amide bonds. The van der Waals surface area contributed by atoms with Crippen LogP contribution in [-0.4, -0.2) is 64.2 Å². The Labute approximate surface area is 114 Å². The number of hydrogen-bond acceptors (Lipinski definition) is 6. The monoisotopic (exact) mass is 277 g/mol. The fourth-order valence-corrected chi connectivity index (χ4v) is 2.26. The van der Waals surface area contributed by atoms with Crippen molar-refractivity contribution in [1.29, 1.82) is 0 Å². The highest BCUT2D eigenvalue weighted by molar-refractivity contribution is 4.95. The normalized spacial score (nSPS) is 34.9. The van der Waals surface area contributed by atoms with Gasteiger partial charge in [0.25, 0.3) is 0 Å². The third-order valence-electron chi connectivity index (χ3n) is 3.55. The molecule has 1 fully saturated rings. The zero-order chi connectivity index (χ0) is 14.3. The molecule has 0 bridgehead atoms. The number of aliphatic hydroxyl groups excluding tert-OH is 3. The molecule has 0 aromatic rings. The van der Waals surface area contributed by atoms with Crippen LogP contribution in [0.2, 0.25) is 0 Å². The highest BCUT2D eigenvalue weighted by Crippen LogP contribution is 2.28. The Morgan fingerprint density at radius 3 is 2.42 bits per heavy atom. The molecule has 0 aromatic heterocycles. The van der Waals surface area contributed by atoms with Gasteiger partial charge in [0, 0.05) is 6.54 Å². The third-order valence-corrected chi connectivity index (χ3v) is 3.55. The summed E-state index contributed by atoms with van der Waals surface area (Å²) in [4.78, 5) is 0. The standard InChI is InChI=1S/C13H27NO5/c1-2-3-4-5-6-7-14-8-10-11(16)12(17)13(18,9-15)19-10/h10-12,14-18H,2-9H2,1H3/t10-,11+,12-,13+/m1/s1. The van der Waals surface area contributed by atoms with E-state index in [1.54, 1.807) is 0 Å². The summed E-state index contributed by atoms with van der Waals surface area (Å²) in [5.74, 6) is -2.05. The van der Waals surface area contributed by atoms with Gasteiger partial charge < -0.3 is 30.5 Å². The number of aliphatic hydroxyl groups is 4. The predicted molar refractivity (Wildman–Crippen MR) is 70.6 cm³/mol. The third kappa shape index (κ3) is 4.66. The van der Waals surface area contributed by atoms with Crippen LogP contribution in [0.3, 0.4) is 0 Å². The van der Waals surface area contributed by atoms with Crippen LogP contribution in [0, 0.1) is 0 Å². The van der Waals surface area contributed by atoms with Gasteiger partial charge in [0.1, 0.15) is 18.3 Å². The zero-order valence-corrected chi connectivity index (χ0v) is 11.6. The molecule has 1 aliphatic heterocycles. The predicted octanol–water partition coefficient (Wildman–Crippen LogP) is -0.652. The smallest absolute Gasteiger partial charge is 0.219 e. The SMILES string of the molecule is CCCCCCCNC[C@H]1O[C@@](O)(CO)[C@H](O)[C@H]1O. The molecule has 5 N–H and O–H groups in total. The molecule has 114 valence electrons. The molecule has 1 heterocycles. The van der Waals surface area contributed by atoms with Crippen molar-refractivity contribution >= 4 is 0 Å². The maximum atomic E-state index is 9.71. The maximum Gasteiger partial charge on any atom is 0.219 e. The van der Waals surface area contributed by atoms with E-state index < -0.39 is 30.7 Å². The van der Waals surface area contributed by atoms with E-state index in [0.29, 0.717) is 6.54 Å². The molecule has 1 aliphatic rings. The Bertz CT molecular complexity index is 253. The molecule has 19 heavy (non-hydrogen) atoms. The van der Waals surface area contributed by atoms with Crippen LogP contribution in [-0.2, 0) is 4.74 Å². The molecule has 6 nitrogen and oxygen atoms in total. The van der Waals surface area contributed by atoms with Crippen molar-refractivity contribution in [2.75, 3.05) is 19.7 Å². The first-order valence-electron chi connectivity index (χ1n) is 7.13. The van der Waals surface area contributed by atoms with Crippen molar-refractivity contribution in [3.8, 4) is 0 Å². The fourth-order valence-electron chi connectivity index (χ4n) is 2.26. The van der Waals surface area contributed by atoms with Gasteiger partial charge in [-0.25, -0.2) is 0 Å². The minimum atomic E-state index is -2.05. The van der Waals surface area contributed by atoms with Crippen molar-refractivity contribution in [3.63, 3.8) is 0 Å². The van der Waals surface area contributed by atoms with Crippen LogP contribution >= 0.6 is 0 Å². The Kier molecular flexibility index (Phi) is 7.20. The summed E-state index contributed by atoms with van der Waals surface area (Å²) < 4.78 is 5.11. The zero-order valence-electron chi connectivity index (χ0n) is 11.6. The highest BCUT2D eigenvalue weighted by Gasteiger charge is 2.52. The van der Waals surface area contributed by atoms with Crippen LogP contribution in [0.4, 0.5) is 0 Å². The fraction of sp³-hybridized carbons (Fsp3) is 1.00. The van der Waals surface area contributed by atoms with Crippen molar-refractivity contribution in [1.82, 2.24) is 5.32 Å². The van der Waals surface area contributed by atoms with E-state index in [1.165, 1.54) is 19.3 Å². The molecule has 0 saturated carbocycles. The van der Waals surface area contributed by atoms with Crippen LogP contribution in [0.25, 0.3) is 0 Å². The lowest BCUT2D eigenvalue weighted by atomic mass is 10.1. The van der Waals surface area contributed by atoms with Crippen LogP contribution in [0.5, 0.6) is 0 Å². The van der Waals surface area contributed by atoms with Gasteiger partial charge in [-0.3, -0.25) is 0 Å². The second-order valence-electron chi connectivity index (χ2n) is 5.21. The number of rotatable bonds is 9. The van der Waals surface area contributed by atoms with E-state index in [2.05, 4.69) is 12.2 Å². The van der Waals surface area contributed by atoms with E-state index in [4.69, 9.17) is 9.84 Å². The van der Waals surface area contributed by atoms with Gasteiger partial charge in [-0.05, 0) is 13.0 Å². The summed E-state index contributed by atoms with van der Waals surface area (Å²) in [5.41, 5.74) is 0. The molecule has 0 radical (unpaired) electrons. The second-order valence-corrected chi connectivity index (χ2v) is 5.21. The van der Waals surface area contributed by atoms with Crippen LogP contribution in [0.15, 0.2) is 0 Å².